The summed E-state index contributed by atoms with van der Waals surface area (Å²) >= 11 is 5.89. The van der Waals surface area contributed by atoms with Crippen LogP contribution in [0, 0.1) is 0 Å². The van der Waals surface area contributed by atoms with Crippen LogP contribution in [0.3, 0.4) is 0 Å². The molecule has 0 fully saturated rings. The first-order chi connectivity index (χ1) is 12.6. The molecule has 3 aromatic rings. The molecular formula is C20H18ClN3O2. The average molecular weight is 368 g/mol. The predicted octanol–water partition coefficient (Wildman–Crippen LogP) is 4.61. The van der Waals surface area contributed by atoms with Gasteiger partial charge in [-0.05, 0) is 35.9 Å². The van der Waals surface area contributed by atoms with Crippen LogP contribution in [0.15, 0.2) is 67.0 Å². The van der Waals surface area contributed by atoms with Gasteiger partial charge in [-0.1, -0.05) is 29.8 Å². The number of carbonyl (C=O) groups excluding carboxylic acids is 1. The Bertz CT molecular complexity index is 898. The van der Waals surface area contributed by atoms with Crippen LogP contribution in [-0.4, -0.2) is 18.0 Å². The molecule has 0 saturated carbocycles. The van der Waals surface area contributed by atoms with Crippen molar-refractivity contribution in [1.82, 2.24) is 4.98 Å². The van der Waals surface area contributed by atoms with Gasteiger partial charge in [-0.3, -0.25) is 9.78 Å². The summed E-state index contributed by atoms with van der Waals surface area (Å²) in [7, 11) is 1.58. The lowest BCUT2D eigenvalue weighted by molar-refractivity contribution is 0.102. The average Bonchev–Trinajstić information content (AvgIpc) is 2.68. The maximum absolute atomic E-state index is 12.4. The standard InChI is InChI=1S/C20H18ClN3O2/c1-26-19-4-2-3-17(10-19)24-20(25)15-9-18(13-22-12-15)23-11-14-5-7-16(21)8-6-14/h2-10,12-13,23H,11H2,1H3,(H,24,25). The number of nitrogens with zero attached hydrogens (tertiary/aromatic N) is 1. The van der Waals surface area contributed by atoms with Gasteiger partial charge in [-0.25, -0.2) is 0 Å². The molecule has 1 aromatic heterocycles. The van der Waals surface area contributed by atoms with E-state index < -0.39 is 0 Å². The van der Waals surface area contributed by atoms with Crippen LogP contribution in [0.5, 0.6) is 5.75 Å². The molecule has 6 heteroatoms. The van der Waals surface area contributed by atoms with Crippen molar-refractivity contribution in [3.8, 4) is 5.75 Å². The molecule has 0 aliphatic carbocycles. The highest BCUT2D eigenvalue weighted by Gasteiger charge is 2.08. The summed E-state index contributed by atoms with van der Waals surface area (Å²) in [4.78, 5) is 16.6. The van der Waals surface area contributed by atoms with Crippen molar-refractivity contribution >= 4 is 28.9 Å². The molecule has 26 heavy (non-hydrogen) atoms. The van der Waals surface area contributed by atoms with Gasteiger partial charge in [0.25, 0.3) is 5.91 Å². The van der Waals surface area contributed by atoms with Gasteiger partial charge in [0.2, 0.25) is 0 Å². The predicted molar refractivity (Wildman–Crippen MR) is 104 cm³/mol. The van der Waals surface area contributed by atoms with Gasteiger partial charge in [0.1, 0.15) is 5.75 Å². The molecule has 1 amide bonds. The number of nitrogens with one attached hydrogen (secondary N) is 2. The van der Waals surface area contributed by atoms with Gasteiger partial charge < -0.3 is 15.4 Å². The smallest absolute Gasteiger partial charge is 0.257 e. The number of anilines is 2. The third-order valence-electron chi connectivity index (χ3n) is 3.74. The zero-order valence-corrected chi connectivity index (χ0v) is 15.0. The lowest BCUT2D eigenvalue weighted by Gasteiger charge is -2.09. The molecule has 2 N–H and O–H groups in total. The van der Waals surface area contributed by atoms with E-state index >= 15 is 0 Å². The molecule has 132 valence electrons. The maximum Gasteiger partial charge on any atom is 0.257 e. The molecule has 0 spiro atoms. The highest BCUT2D eigenvalue weighted by molar-refractivity contribution is 6.30. The summed E-state index contributed by atoms with van der Waals surface area (Å²) in [6, 6.07) is 16.5. The molecule has 0 aliphatic rings. The lowest BCUT2D eigenvalue weighted by Crippen LogP contribution is -2.13. The summed E-state index contributed by atoms with van der Waals surface area (Å²) in [5, 5.41) is 6.79. The number of rotatable bonds is 6. The summed E-state index contributed by atoms with van der Waals surface area (Å²) in [5.41, 5.74) is 2.97. The second-order valence-electron chi connectivity index (χ2n) is 5.63. The number of hydrogen-bond donors (Lipinski definition) is 2. The molecule has 5 nitrogen and oxygen atoms in total. The Morgan fingerprint density at radius 1 is 1.08 bits per heavy atom. The number of aromatic nitrogens is 1. The Balaban J connectivity index is 1.65. The highest BCUT2D eigenvalue weighted by Crippen LogP contribution is 2.18. The summed E-state index contributed by atoms with van der Waals surface area (Å²) in [6.45, 7) is 0.611. The van der Waals surface area contributed by atoms with Crippen molar-refractivity contribution in [3.05, 3.63) is 83.1 Å². The van der Waals surface area contributed by atoms with Crippen LogP contribution in [0.2, 0.25) is 5.02 Å². The molecule has 0 atom stereocenters. The minimum absolute atomic E-state index is 0.235. The number of halogens is 1. The molecule has 0 radical (unpaired) electrons. The quantitative estimate of drug-likeness (QED) is 0.668. The first-order valence-corrected chi connectivity index (χ1v) is 8.40. The van der Waals surface area contributed by atoms with Gasteiger partial charge in [0.05, 0.1) is 18.4 Å². The highest BCUT2D eigenvalue weighted by atomic mass is 35.5. The lowest BCUT2D eigenvalue weighted by atomic mass is 10.2. The fraction of sp³-hybridized carbons (Fsp3) is 0.100. The van der Waals surface area contributed by atoms with E-state index in [2.05, 4.69) is 15.6 Å². The number of amides is 1. The fourth-order valence-electron chi connectivity index (χ4n) is 2.37. The van der Waals surface area contributed by atoms with Crippen molar-refractivity contribution in [3.63, 3.8) is 0 Å². The SMILES string of the molecule is COc1cccc(NC(=O)c2cncc(NCc3ccc(Cl)cc3)c2)c1. The largest absolute Gasteiger partial charge is 0.497 e. The van der Waals surface area contributed by atoms with Crippen LogP contribution in [0.25, 0.3) is 0 Å². The van der Waals surface area contributed by atoms with E-state index in [1.165, 1.54) is 6.20 Å². The van der Waals surface area contributed by atoms with E-state index in [9.17, 15) is 4.79 Å². The Morgan fingerprint density at radius 2 is 1.88 bits per heavy atom. The number of benzene rings is 2. The summed E-state index contributed by atoms with van der Waals surface area (Å²) in [6.07, 6.45) is 3.21. The van der Waals surface area contributed by atoms with E-state index in [0.717, 1.165) is 11.3 Å². The van der Waals surface area contributed by atoms with Gasteiger partial charge in [-0.15, -0.1) is 0 Å². The Morgan fingerprint density at radius 3 is 2.65 bits per heavy atom. The monoisotopic (exact) mass is 367 g/mol. The molecule has 2 aromatic carbocycles. The summed E-state index contributed by atoms with van der Waals surface area (Å²) < 4.78 is 5.16. The van der Waals surface area contributed by atoms with E-state index in [1.807, 2.05) is 36.4 Å². The van der Waals surface area contributed by atoms with Gasteiger partial charge in [0, 0.05) is 35.7 Å². The number of carbonyl (C=O) groups is 1. The number of methoxy groups -OCH3 is 1. The zero-order valence-electron chi connectivity index (χ0n) is 14.2. The second-order valence-corrected chi connectivity index (χ2v) is 6.06. The normalized spacial score (nSPS) is 10.2. The molecule has 0 bridgehead atoms. The van der Waals surface area contributed by atoms with Crippen LogP contribution >= 0.6 is 11.6 Å². The van der Waals surface area contributed by atoms with Crippen molar-refractivity contribution < 1.29 is 9.53 Å². The number of ether oxygens (including phenoxy) is 1. The fourth-order valence-corrected chi connectivity index (χ4v) is 2.50. The Kier molecular flexibility index (Phi) is 5.71. The summed E-state index contributed by atoms with van der Waals surface area (Å²) in [5.74, 6) is 0.445. The van der Waals surface area contributed by atoms with Gasteiger partial charge in [-0.2, -0.15) is 0 Å². The first kappa shape index (κ1) is 17.8. The van der Waals surface area contributed by atoms with Gasteiger partial charge in [0.15, 0.2) is 0 Å². The minimum atomic E-state index is -0.235. The van der Waals surface area contributed by atoms with Crippen LogP contribution < -0.4 is 15.4 Å². The van der Waals surface area contributed by atoms with Crippen molar-refractivity contribution in [2.75, 3.05) is 17.7 Å². The van der Waals surface area contributed by atoms with Crippen LogP contribution in [0.4, 0.5) is 11.4 Å². The van der Waals surface area contributed by atoms with Crippen molar-refractivity contribution in [1.29, 1.82) is 0 Å². The van der Waals surface area contributed by atoms with Crippen LogP contribution in [0.1, 0.15) is 15.9 Å². The number of pyridine rings is 1. The van der Waals surface area contributed by atoms with Crippen molar-refractivity contribution in [2.24, 2.45) is 0 Å². The van der Waals surface area contributed by atoms with E-state index in [-0.39, 0.29) is 5.91 Å². The van der Waals surface area contributed by atoms with Gasteiger partial charge >= 0.3 is 0 Å². The third kappa shape index (κ3) is 4.74. The minimum Gasteiger partial charge on any atom is -0.497 e. The molecule has 0 unspecified atom stereocenters. The van der Waals surface area contributed by atoms with E-state index in [0.29, 0.717) is 28.6 Å². The Hall–Kier alpha value is -3.05. The molecule has 0 aliphatic heterocycles. The van der Waals surface area contributed by atoms with Crippen LogP contribution in [-0.2, 0) is 6.54 Å². The zero-order chi connectivity index (χ0) is 18.4. The molecule has 1 heterocycles. The topological polar surface area (TPSA) is 63.2 Å². The van der Waals surface area contributed by atoms with Crippen molar-refractivity contribution in [2.45, 2.75) is 6.54 Å². The van der Waals surface area contributed by atoms with E-state index in [1.54, 1.807) is 31.5 Å². The molecule has 0 saturated heterocycles. The molecular weight excluding hydrogens is 350 g/mol. The molecule has 3 rings (SSSR count). The second kappa shape index (κ2) is 8.36. The first-order valence-electron chi connectivity index (χ1n) is 8.03. The number of hydrogen-bond acceptors (Lipinski definition) is 4. The Labute approximate surface area is 157 Å². The maximum atomic E-state index is 12.4. The third-order valence-corrected chi connectivity index (χ3v) is 3.99. The van der Waals surface area contributed by atoms with E-state index in [4.69, 9.17) is 16.3 Å².